The summed E-state index contributed by atoms with van der Waals surface area (Å²) in [7, 11) is 3.12. The molecule has 1 atom stereocenters. The summed E-state index contributed by atoms with van der Waals surface area (Å²) in [6, 6.07) is 4.54. The van der Waals surface area contributed by atoms with Crippen molar-refractivity contribution in [3.8, 4) is 11.5 Å². The van der Waals surface area contributed by atoms with Gasteiger partial charge in [-0.05, 0) is 30.0 Å². The molecular formula is C16H23NO5. The predicted octanol–water partition coefficient (Wildman–Crippen LogP) is 1.86. The van der Waals surface area contributed by atoms with E-state index in [4.69, 9.17) is 14.6 Å². The zero-order chi connectivity index (χ0) is 16.7. The Morgan fingerprint density at radius 3 is 2.09 bits per heavy atom. The van der Waals surface area contributed by atoms with Crippen molar-refractivity contribution in [1.29, 1.82) is 0 Å². The third-order valence-corrected chi connectivity index (χ3v) is 3.30. The fourth-order valence-corrected chi connectivity index (χ4v) is 2.03. The van der Waals surface area contributed by atoms with Crippen LogP contribution in [0.25, 0.3) is 0 Å². The van der Waals surface area contributed by atoms with Crippen LogP contribution < -0.4 is 14.8 Å². The Hall–Kier alpha value is -2.24. The minimum absolute atomic E-state index is 0.168. The van der Waals surface area contributed by atoms with Crippen molar-refractivity contribution >= 4 is 11.9 Å². The Morgan fingerprint density at radius 1 is 1.14 bits per heavy atom. The average molecular weight is 309 g/mol. The highest BCUT2D eigenvalue weighted by atomic mass is 16.5. The number of amides is 1. The first kappa shape index (κ1) is 17.8. The summed E-state index contributed by atoms with van der Waals surface area (Å²) in [5.74, 6) is -0.173. The molecule has 0 heterocycles. The maximum Gasteiger partial charge on any atom is 0.326 e. The fourth-order valence-electron chi connectivity index (χ4n) is 2.03. The molecule has 0 saturated heterocycles. The number of hydrogen-bond acceptors (Lipinski definition) is 4. The van der Waals surface area contributed by atoms with Gasteiger partial charge in [0.25, 0.3) is 0 Å². The Morgan fingerprint density at radius 2 is 1.68 bits per heavy atom. The van der Waals surface area contributed by atoms with E-state index in [1.54, 1.807) is 34.1 Å². The van der Waals surface area contributed by atoms with Crippen molar-refractivity contribution < 1.29 is 24.2 Å². The van der Waals surface area contributed by atoms with Crippen molar-refractivity contribution in [2.75, 3.05) is 14.2 Å². The lowest BCUT2D eigenvalue weighted by Gasteiger charge is -2.17. The third kappa shape index (κ3) is 5.27. The Balaban J connectivity index is 2.65. The second-order valence-corrected chi connectivity index (χ2v) is 5.35. The molecule has 1 amide bonds. The van der Waals surface area contributed by atoms with Gasteiger partial charge in [0.15, 0.2) is 0 Å². The highest BCUT2D eigenvalue weighted by Crippen LogP contribution is 2.23. The number of methoxy groups -OCH3 is 2. The number of benzene rings is 1. The van der Waals surface area contributed by atoms with Gasteiger partial charge in [-0.1, -0.05) is 13.8 Å². The van der Waals surface area contributed by atoms with E-state index in [1.807, 2.05) is 12.1 Å². The summed E-state index contributed by atoms with van der Waals surface area (Å²) in [6.07, 6.45) is 0.677. The number of aryl methyl sites for hydroxylation is 1. The standard InChI is InChI=1S/C16H23NO5/c1-10(2)15(16(19)20)17-14(18)6-5-11-7-12(21-3)9-13(8-11)22-4/h7-10,15H,5-6H2,1-4H3,(H,17,18)(H,19,20)/t15-/m0/s1. The van der Waals surface area contributed by atoms with Crippen LogP contribution in [0.3, 0.4) is 0 Å². The normalized spacial score (nSPS) is 11.9. The molecular weight excluding hydrogens is 286 g/mol. The minimum Gasteiger partial charge on any atom is -0.497 e. The predicted molar refractivity (Wildman–Crippen MR) is 82.3 cm³/mol. The highest BCUT2D eigenvalue weighted by Gasteiger charge is 2.23. The molecule has 6 nitrogen and oxygen atoms in total. The molecule has 0 unspecified atom stereocenters. The van der Waals surface area contributed by atoms with Crippen LogP contribution >= 0.6 is 0 Å². The Kier molecular flexibility index (Phi) is 6.69. The monoisotopic (exact) mass is 309 g/mol. The molecule has 0 bridgehead atoms. The number of ether oxygens (including phenoxy) is 2. The maximum atomic E-state index is 11.9. The van der Waals surface area contributed by atoms with Gasteiger partial charge in [0.2, 0.25) is 5.91 Å². The largest absolute Gasteiger partial charge is 0.497 e. The van der Waals surface area contributed by atoms with Crippen LogP contribution in [0, 0.1) is 5.92 Å². The lowest BCUT2D eigenvalue weighted by molar-refractivity contribution is -0.143. The van der Waals surface area contributed by atoms with Crippen molar-refractivity contribution in [3.05, 3.63) is 23.8 Å². The van der Waals surface area contributed by atoms with E-state index in [1.165, 1.54) is 0 Å². The summed E-state index contributed by atoms with van der Waals surface area (Å²) >= 11 is 0. The van der Waals surface area contributed by atoms with E-state index in [0.717, 1.165) is 5.56 Å². The number of nitrogens with one attached hydrogen (secondary N) is 1. The molecule has 1 aromatic carbocycles. The molecule has 0 aliphatic carbocycles. The molecule has 122 valence electrons. The first-order valence-corrected chi connectivity index (χ1v) is 7.11. The zero-order valence-corrected chi connectivity index (χ0v) is 13.4. The van der Waals surface area contributed by atoms with Gasteiger partial charge in [0.05, 0.1) is 14.2 Å². The minimum atomic E-state index is -1.02. The molecule has 1 aromatic rings. The van der Waals surface area contributed by atoms with E-state index < -0.39 is 12.0 Å². The van der Waals surface area contributed by atoms with E-state index in [0.29, 0.717) is 17.9 Å². The van der Waals surface area contributed by atoms with E-state index in [9.17, 15) is 9.59 Å². The van der Waals surface area contributed by atoms with E-state index >= 15 is 0 Å². The van der Waals surface area contributed by atoms with Gasteiger partial charge in [0.1, 0.15) is 17.5 Å². The number of hydrogen-bond donors (Lipinski definition) is 2. The van der Waals surface area contributed by atoms with Crippen molar-refractivity contribution in [1.82, 2.24) is 5.32 Å². The highest BCUT2D eigenvalue weighted by molar-refractivity contribution is 5.83. The molecule has 0 aliphatic heterocycles. The fraction of sp³-hybridized carbons (Fsp3) is 0.500. The Bertz CT molecular complexity index is 505. The Labute approximate surface area is 130 Å². The zero-order valence-electron chi connectivity index (χ0n) is 13.4. The number of carboxylic acids is 1. The smallest absolute Gasteiger partial charge is 0.326 e. The van der Waals surface area contributed by atoms with Crippen LogP contribution in [0.5, 0.6) is 11.5 Å². The van der Waals surface area contributed by atoms with Gasteiger partial charge in [0, 0.05) is 12.5 Å². The molecule has 0 aromatic heterocycles. The summed E-state index contributed by atoms with van der Waals surface area (Å²) in [5.41, 5.74) is 0.891. The number of carbonyl (C=O) groups is 2. The first-order chi connectivity index (χ1) is 10.4. The lowest BCUT2D eigenvalue weighted by Crippen LogP contribution is -2.44. The second kappa shape index (κ2) is 8.26. The van der Waals surface area contributed by atoms with Gasteiger partial charge in [-0.25, -0.2) is 4.79 Å². The molecule has 22 heavy (non-hydrogen) atoms. The molecule has 0 aliphatic rings. The van der Waals surface area contributed by atoms with Crippen molar-refractivity contribution in [2.45, 2.75) is 32.7 Å². The topological polar surface area (TPSA) is 84.9 Å². The SMILES string of the molecule is COc1cc(CCC(=O)N[C@H](C(=O)O)C(C)C)cc(OC)c1. The third-order valence-electron chi connectivity index (χ3n) is 3.30. The van der Waals surface area contributed by atoms with E-state index in [-0.39, 0.29) is 18.2 Å². The van der Waals surface area contributed by atoms with Crippen LogP contribution in [0.2, 0.25) is 0 Å². The van der Waals surface area contributed by atoms with Gasteiger partial charge in [-0.3, -0.25) is 4.79 Å². The second-order valence-electron chi connectivity index (χ2n) is 5.35. The summed E-state index contributed by atoms with van der Waals surface area (Å²) in [4.78, 5) is 23.0. The van der Waals surface area contributed by atoms with Gasteiger partial charge >= 0.3 is 5.97 Å². The molecule has 0 spiro atoms. The number of carbonyl (C=O) groups excluding carboxylic acids is 1. The van der Waals surface area contributed by atoms with Crippen LogP contribution in [0.1, 0.15) is 25.8 Å². The van der Waals surface area contributed by atoms with E-state index in [2.05, 4.69) is 5.32 Å². The molecule has 0 saturated carbocycles. The van der Waals surface area contributed by atoms with Crippen LogP contribution in [0.4, 0.5) is 0 Å². The maximum absolute atomic E-state index is 11.9. The molecule has 6 heteroatoms. The molecule has 2 N–H and O–H groups in total. The van der Waals surface area contributed by atoms with Crippen molar-refractivity contribution in [2.24, 2.45) is 5.92 Å². The van der Waals surface area contributed by atoms with Gasteiger partial charge < -0.3 is 19.9 Å². The van der Waals surface area contributed by atoms with Crippen LogP contribution in [-0.2, 0) is 16.0 Å². The molecule has 0 radical (unpaired) electrons. The van der Waals surface area contributed by atoms with Crippen molar-refractivity contribution in [3.63, 3.8) is 0 Å². The number of aliphatic carboxylic acids is 1. The quantitative estimate of drug-likeness (QED) is 0.765. The van der Waals surface area contributed by atoms with Crippen LogP contribution in [0.15, 0.2) is 18.2 Å². The number of carboxylic acid groups (broad SMARTS) is 1. The lowest BCUT2D eigenvalue weighted by atomic mass is 10.0. The van der Waals surface area contributed by atoms with Gasteiger partial charge in [-0.2, -0.15) is 0 Å². The summed E-state index contributed by atoms with van der Waals surface area (Å²) in [6.45, 7) is 3.51. The molecule has 0 fully saturated rings. The molecule has 1 rings (SSSR count). The number of rotatable bonds is 8. The first-order valence-electron chi connectivity index (χ1n) is 7.11. The average Bonchev–Trinajstić information content (AvgIpc) is 2.49. The van der Waals surface area contributed by atoms with Gasteiger partial charge in [-0.15, -0.1) is 0 Å². The van der Waals surface area contributed by atoms with Crippen LogP contribution in [-0.4, -0.2) is 37.2 Å². The summed E-state index contributed by atoms with van der Waals surface area (Å²) < 4.78 is 10.3. The summed E-state index contributed by atoms with van der Waals surface area (Å²) in [5, 5.41) is 11.6.